The summed E-state index contributed by atoms with van der Waals surface area (Å²) in [7, 11) is 3.16. The SMILES string of the molecule is COC(CC/C(=N\NC(=O)OC(C)(C)C)[C@@H]1CCCN(C(=O)OCc2ccccc2)C1)OC. The summed E-state index contributed by atoms with van der Waals surface area (Å²) in [5.41, 5.74) is 3.58. The molecular formula is C24H37N3O6. The smallest absolute Gasteiger partial charge is 0.428 e. The minimum Gasteiger partial charge on any atom is -0.445 e. The van der Waals surface area contributed by atoms with E-state index in [1.165, 1.54) is 0 Å². The van der Waals surface area contributed by atoms with Crippen molar-refractivity contribution < 1.29 is 28.5 Å². The van der Waals surface area contributed by atoms with E-state index in [-0.39, 0.29) is 24.9 Å². The Balaban J connectivity index is 2.03. The number of hydrogen-bond donors (Lipinski definition) is 1. The molecule has 0 radical (unpaired) electrons. The predicted molar refractivity (Wildman–Crippen MR) is 125 cm³/mol. The molecule has 0 saturated carbocycles. The van der Waals surface area contributed by atoms with E-state index in [1.54, 1.807) is 39.9 Å². The fraction of sp³-hybridized carbons (Fsp3) is 0.625. The maximum atomic E-state index is 12.7. The monoisotopic (exact) mass is 463 g/mol. The van der Waals surface area contributed by atoms with Gasteiger partial charge in [-0.2, -0.15) is 5.10 Å². The number of hydrazone groups is 1. The number of piperidine rings is 1. The van der Waals surface area contributed by atoms with E-state index >= 15 is 0 Å². The first-order chi connectivity index (χ1) is 15.7. The van der Waals surface area contributed by atoms with Crippen molar-refractivity contribution in [2.75, 3.05) is 27.3 Å². The summed E-state index contributed by atoms with van der Waals surface area (Å²) >= 11 is 0. The second-order valence-electron chi connectivity index (χ2n) is 8.98. The van der Waals surface area contributed by atoms with Crippen LogP contribution >= 0.6 is 0 Å². The molecule has 2 rings (SSSR count). The lowest BCUT2D eigenvalue weighted by atomic mass is 9.91. The van der Waals surface area contributed by atoms with Crippen LogP contribution in [0.3, 0.4) is 0 Å². The largest absolute Gasteiger partial charge is 0.445 e. The standard InChI is InChI=1S/C24H37N3O6/c1-24(2,3)33-22(28)26-25-20(13-14-21(30-4)31-5)19-12-9-15-27(16-19)23(29)32-17-18-10-7-6-8-11-18/h6-8,10-11,19,21H,9,12-17H2,1-5H3,(H,26,28)/b25-20+/t19-/m1/s1. The van der Waals surface area contributed by atoms with Crippen molar-refractivity contribution in [1.29, 1.82) is 0 Å². The van der Waals surface area contributed by atoms with Gasteiger partial charge in [-0.25, -0.2) is 15.0 Å². The van der Waals surface area contributed by atoms with Crippen molar-refractivity contribution in [3.8, 4) is 0 Å². The van der Waals surface area contributed by atoms with Crippen molar-refractivity contribution in [2.24, 2.45) is 11.0 Å². The zero-order valence-electron chi connectivity index (χ0n) is 20.3. The van der Waals surface area contributed by atoms with Crippen molar-refractivity contribution in [2.45, 2.75) is 65.0 Å². The van der Waals surface area contributed by atoms with Crippen molar-refractivity contribution in [3.05, 3.63) is 35.9 Å². The summed E-state index contributed by atoms with van der Waals surface area (Å²) in [5.74, 6) is -0.0210. The van der Waals surface area contributed by atoms with E-state index in [2.05, 4.69) is 10.5 Å². The minimum atomic E-state index is -0.624. The Hall–Kier alpha value is -2.65. The van der Waals surface area contributed by atoms with Gasteiger partial charge in [-0.3, -0.25) is 0 Å². The highest BCUT2D eigenvalue weighted by molar-refractivity contribution is 5.88. The number of likely N-dealkylation sites (tertiary alicyclic amines) is 1. The lowest BCUT2D eigenvalue weighted by molar-refractivity contribution is -0.105. The Morgan fingerprint density at radius 1 is 1.18 bits per heavy atom. The minimum absolute atomic E-state index is 0.0210. The van der Waals surface area contributed by atoms with E-state index in [4.69, 9.17) is 18.9 Å². The summed E-state index contributed by atoms with van der Waals surface area (Å²) in [5, 5.41) is 4.36. The van der Waals surface area contributed by atoms with Gasteiger partial charge in [0, 0.05) is 45.4 Å². The number of hydrogen-bond acceptors (Lipinski definition) is 7. The van der Waals surface area contributed by atoms with Crippen LogP contribution in [0.15, 0.2) is 35.4 Å². The van der Waals surface area contributed by atoms with Crippen LogP contribution in [0.2, 0.25) is 0 Å². The summed E-state index contributed by atoms with van der Waals surface area (Å²) < 4.78 is 21.4. The third kappa shape index (κ3) is 9.79. The lowest BCUT2D eigenvalue weighted by Crippen LogP contribution is -2.43. The van der Waals surface area contributed by atoms with Crippen molar-refractivity contribution in [1.82, 2.24) is 10.3 Å². The molecule has 0 unspecified atom stereocenters. The first kappa shape index (κ1) is 26.6. The quantitative estimate of drug-likeness (QED) is 0.333. The predicted octanol–water partition coefficient (Wildman–Crippen LogP) is 4.32. The van der Waals surface area contributed by atoms with Gasteiger partial charge in [0.15, 0.2) is 6.29 Å². The summed E-state index contributed by atoms with van der Waals surface area (Å²) in [6, 6.07) is 9.58. The maximum absolute atomic E-state index is 12.7. The molecule has 9 nitrogen and oxygen atoms in total. The molecule has 1 heterocycles. The molecule has 0 spiro atoms. The third-order valence-electron chi connectivity index (χ3n) is 5.21. The molecule has 1 aromatic rings. The van der Waals surface area contributed by atoms with Crippen LogP contribution < -0.4 is 5.43 Å². The molecule has 33 heavy (non-hydrogen) atoms. The topological polar surface area (TPSA) is 98.7 Å². The normalized spacial score (nSPS) is 17.1. The van der Waals surface area contributed by atoms with Gasteiger partial charge >= 0.3 is 12.2 Å². The van der Waals surface area contributed by atoms with E-state index in [0.717, 1.165) is 24.1 Å². The highest BCUT2D eigenvalue weighted by atomic mass is 16.7. The van der Waals surface area contributed by atoms with Gasteiger partial charge in [0.25, 0.3) is 0 Å². The third-order valence-corrected chi connectivity index (χ3v) is 5.21. The van der Waals surface area contributed by atoms with Crippen molar-refractivity contribution >= 4 is 17.9 Å². The lowest BCUT2D eigenvalue weighted by Gasteiger charge is -2.33. The maximum Gasteiger partial charge on any atom is 0.428 e. The Morgan fingerprint density at radius 2 is 1.88 bits per heavy atom. The first-order valence-corrected chi connectivity index (χ1v) is 11.3. The van der Waals surface area contributed by atoms with E-state index < -0.39 is 11.7 Å². The fourth-order valence-electron chi connectivity index (χ4n) is 3.59. The number of benzene rings is 1. The zero-order chi connectivity index (χ0) is 24.3. The molecular weight excluding hydrogens is 426 g/mol. The van der Waals surface area contributed by atoms with E-state index in [1.807, 2.05) is 30.3 Å². The summed E-state index contributed by atoms with van der Waals surface area (Å²) in [6.07, 6.45) is 1.42. The molecule has 0 aliphatic carbocycles. The van der Waals surface area contributed by atoms with E-state index in [0.29, 0.717) is 25.9 Å². The molecule has 1 aliphatic rings. The fourth-order valence-corrected chi connectivity index (χ4v) is 3.59. The van der Waals surface area contributed by atoms with Gasteiger partial charge in [-0.05, 0) is 45.6 Å². The Morgan fingerprint density at radius 3 is 2.52 bits per heavy atom. The van der Waals surface area contributed by atoms with Crippen LogP contribution in [0.25, 0.3) is 0 Å². The van der Waals surface area contributed by atoms with Crippen LogP contribution in [-0.2, 0) is 25.6 Å². The number of methoxy groups -OCH3 is 2. The van der Waals surface area contributed by atoms with Gasteiger partial charge in [0.1, 0.15) is 12.2 Å². The zero-order valence-corrected chi connectivity index (χ0v) is 20.3. The van der Waals surface area contributed by atoms with Gasteiger partial charge in [-0.15, -0.1) is 0 Å². The number of nitrogens with one attached hydrogen (secondary N) is 1. The molecule has 9 heteroatoms. The number of carbonyl (C=O) groups is 2. The molecule has 1 saturated heterocycles. The summed E-state index contributed by atoms with van der Waals surface area (Å²) in [4.78, 5) is 26.5. The highest BCUT2D eigenvalue weighted by Crippen LogP contribution is 2.22. The molecule has 184 valence electrons. The highest BCUT2D eigenvalue weighted by Gasteiger charge is 2.29. The average Bonchev–Trinajstić information content (AvgIpc) is 2.79. The molecule has 0 aromatic heterocycles. The number of rotatable bonds is 9. The van der Waals surface area contributed by atoms with Crippen LogP contribution in [-0.4, -0.2) is 62.0 Å². The number of amides is 2. The van der Waals surface area contributed by atoms with Gasteiger partial charge in [-0.1, -0.05) is 30.3 Å². The molecule has 1 aliphatic heterocycles. The number of nitrogens with zero attached hydrogens (tertiary/aromatic N) is 2. The molecule has 1 aromatic carbocycles. The van der Waals surface area contributed by atoms with Crippen molar-refractivity contribution in [3.63, 3.8) is 0 Å². The molecule has 2 amide bonds. The first-order valence-electron chi connectivity index (χ1n) is 11.3. The Labute approximate surface area is 196 Å². The number of ether oxygens (including phenoxy) is 4. The Kier molecular flexibility index (Phi) is 10.6. The van der Waals surface area contributed by atoms with Gasteiger partial charge < -0.3 is 23.8 Å². The van der Waals surface area contributed by atoms with Gasteiger partial charge in [0.2, 0.25) is 0 Å². The molecule has 1 atom stereocenters. The summed E-state index contributed by atoms with van der Waals surface area (Å²) in [6.45, 7) is 6.69. The van der Waals surface area contributed by atoms with Crippen LogP contribution in [0.5, 0.6) is 0 Å². The average molecular weight is 464 g/mol. The molecule has 1 fully saturated rings. The molecule has 0 bridgehead atoms. The number of carbonyl (C=O) groups excluding carboxylic acids is 2. The van der Waals surface area contributed by atoms with Crippen LogP contribution in [0, 0.1) is 5.92 Å². The van der Waals surface area contributed by atoms with E-state index in [9.17, 15) is 9.59 Å². The second kappa shape index (κ2) is 13.2. The van der Waals surface area contributed by atoms with Crippen LogP contribution in [0.1, 0.15) is 52.0 Å². The van der Waals surface area contributed by atoms with Crippen LogP contribution in [0.4, 0.5) is 9.59 Å². The second-order valence-corrected chi connectivity index (χ2v) is 8.98. The Bertz CT molecular complexity index is 774. The molecule has 1 N–H and O–H groups in total. The van der Waals surface area contributed by atoms with Gasteiger partial charge in [0.05, 0.1) is 0 Å².